The van der Waals surface area contributed by atoms with Gasteiger partial charge in [0.15, 0.2) is 0 Å². The van der Waals surface area contributed by atoms with Crippen molar-refractivity contribution in [1.82, 2.24) is 5.32 Å². The van der Waals surface area contributed by atoms with E-state index in [-0.39, 0.29) is 24.8 Å². The monoisotopic (exact) mass is 329 g/mol. The summed E-state index contributed by atoms with van der Waals surface area (Å²) in [5, 5.41) is 23.1. The number of carboxylic acids is 1. The van der Waals surface area contributed by atoms with Crippen LogP contribution in [-0.2, 0) is 9.59 Å². The summed E-state index contributed by atoms with van der Waals surface area (Å²) >= 11 is 0. The lowest BCUT2D eigenvalue weighted by Crippen LogP contribution is -2.32. The summed E-state index contributed by atoms with van der Waals surface area (Å²) in [6.45, 7) is 0.0529. The Hall–Kier alpha value is -2.88. The number of carbonyl (C=O) groups excluding carboxylic acids is 2. The topological polar surface area (TPSA) is 119 Å². The van der Waals surface area contributed by atoms with Crippen LogP contribution in [0.1, 0.15) is 42.5 Å². The fraction of sp³-hybridized carbons (Fsp3) is 0.412. The van der Waals surface area contributed by atoms with Gasteiger partial charge in [0.2, 0.25) is 5.91 Å². The second-order valence-corrected chi connectivity index (χ2v) is 5.83. The van der Waals surface area contributed by atoms with E-state index in [1.807, 2.05) is 0 Å². The molecule has 1 aliphatic rings. The van der Waals surface area contributed by atoms with Gasteiger partial charge in [-0.05, 0) is 37.1 Å². The van der Waals surface area contributed by atoms with Crippen molar-refractivity contribution in [3.8, 4) is 6.07 Å². The third-order valence-electron chi connectivity index (χ3n) is 4.14. The fourth-order valence-corrected chi connectivity index (χ4v) is 2.71. The van der Waals surface area contributed by atoms with Gasteiger partial charge in [-0.2, -0.15) is 5.26 Å². The van der Waals surface area contributed by atoms with Crippen LogP contribution in [0.5, 0.6) is 0 Å². The molecule has 0 heterocycles. The van der Waals surface area contributed by atoms with Crippen LogP contribution in [0.3, 0.4) is 0 Å². The van der Waals surface area contributed by atoms with E-state index >= 15 is 0 Å². The Morgan fingerprint density at radius 3 is 2.33 bits per heavy atom. The molecular weight excluding hydrogens is 310 g/mol. The predicted octanol–water partition coefficient (Wildman–Crippen LogP) is 1.91. The van der Waals surface area contributed by atoms with Crippen molar-refractivity contribution >= 4 is 23.5 Å². The summed E-state index contributed by atoms with van der Waals surface area (Å²) in [6, 6.07) is 8.39. The van der Waals surface area contributed by atoms with E-state index in [0.29, 0.717) is 24.1 Å². The Morgan fingerprint density at radius 2 is 1.79 bits per heavy atom. The second kappa shape index (κ2) is 7.59. The third kappa shape index (κ3) is 4.10. The normalized spacial score (nSPS) is 15.3. The number of benzene rings is 1. The van der Waals surface area contributed by atoms with Gasteiger partial charge in [0, 0.05) is 17.8 Å². The van der Waals surface area contributed by atoms with Gasteiger partial charge in [-0.3, -0.25) is 14.4 Å². The van der Waals surface area contributed by atoms with Crippen molar-refractivity contribution in [2.75, 3.05) is 11.9 Å². The van der Waals surface area contributed by atoms with Crippen LogP contribution in [0.2, 0.25) is 0 Å². The van der Waals surface area contributed by atoms with Gasteiger partial charge in [0.1, 0.15) is 5.41 Å². The zero-order valence-electron chi connectivity index (χ0n) is 13.2. The molecule has 0 saturated heterocycles. The Balaban J connectivity index is 1.94. The Morgan fingerprint density at radius 1 is 1.17 bits per heavy atom. The smallest absolute Gasteiger partial charge is 0.305 e. The van der Waals surface area contributed by atoms with Crippen molar-refractivity contribution in [2.45, 2.75) is 32.1 Å². The third-order valence-corrected chi connectivity index (χ3v) is 4.14. The number of nitrogens with one attached hydrogen (secondary N) is 2. The molecule has 7 nitrogen and oxygen atoms in total. The van der Waals surface area contributed by atoms with E-state index in [0.717, 1.165) is 12.8 Å². The van der Waals surface area contributed by atoms with Gasteiger partial charge in [-0.15, -0.1) is 0 Å². The predicted molar refractivity (Wildman–Crippen MR) is 86.2 cm³/mol. The molecular formula is C17H19N3O4. The first-order chi connectivity index (χ1) is 11.5. The molecule has 0 aromatic heterocycles. The van der Waals surface area contributed by atoms with Crippen LogP contribution in [0, 0.1) is 16.7 Å². The average molecular weight is 329 g/mol. The second-order valence-electron chi connectivity index (χ2n) is 5.83. The summed E-state index contributed by atoms with van der Waals surface area (Å²) in [7, 11) is 0. The average Bonchev–Trinajstić information content (AvgIpc) is 3.05. The maximum Gasteiger partial charge on any atom is 0.305 e. The number of nitrogens with zero attached hydrogens (tertiary/aromatic N) is 1. The minimum absolute atomic E-state index is 0.0529. The molecule has 0 spiro atoms. The van der Waals surface area contributed by atoms with Gasteiger partial charge in [0.05, 0.1) is 12.5 Å². The Labute approximate surface area is 139 Å². The standard InChI is InChI=1S/C17H19N3O4/c18-11-17(8-1-2-9-17)16(24)20-13-5-3-12(4-6-13)15(23)19-10-7-14(21)22/h3-6H,1-2,7-10H2,(H,19,23)(H,20,24)(H,21,22). The van der Waals surface area contributed by atoms with E-state index in [1.165, 1.54) is 0 Å². The van der Waals surface area contributed by atoms with Gasteiger partial charge in [-0.25, -0.2) is 0 Å². The van der Waals surface area contributed by atoms with Gasteiger partial charge in [-0.1, -0.05) is 12.8 Å². The lowest BCUT2D eigenvalue weighted by molar-refractivity contribution is -0.136. The highest BCUT2D eigenvalue weighted by Gasteiger charge is 2.41. The summed E-state index contributed by atoms with van der Waals surface area (Å²) in [4.78, 5) is 34.6. The van der Waals surface area contributed by atoms with E-state index in [9.17, 15) is 19.6 Å². The number of hydrogen-bond acceptors (Lipinski definition) is 4. The number of amides is 2. The zero-order valence-corrected chi connectivity index (χ0v) is 13.2. The van der Waals surface area contributed by atoms with E-state index in [1.54, 1.807) is 24.3 Å². The van der Waals surface area contributed by atoms with Crippen LogP contribution in [0.15, 0.2) is 24.3 Å². The number of aliphatic carboxylic acids is 1. The fourth-order valence-electron chi connectivity index (χ4n) is 2.71. The molecule has 0 unspecified atom stereocenters. The van der Waals surface area contributed by atoms with Crippen LogP contribution in [0.4, 0.5) is 5.69 Å². The highest BCUT2D eigenvalue weighted by Crippen LogP contribution is 2.38. The first-order valence-corrected chi connectivity index (χ1v) is 7.80. The summed E-state index contributed by atoms with van der Waals surface area (Å²) in [5.41, 5.74) is -0.0646. The quantitative estimate of drug-likeness (QED) is 0.736. The first kappa shape index (κ1) is 17.5. The number of nitriles is 1. The van der Waals surface area contributed by atoms with Gasteiger partial charge in [0.25, 0.3) is 5.91 Å². The summed E-state index contributed by atoms with van der Waals surface area (Å²) in [5.74, 6) is -1.66. The molecule has 0 bridgehead atoms. The van der Waals surface area contributed by atoms with E-state index < -0.39 is 11.4 Å². The highest BCUT2D eigenvalue weighted by molar-refractivity contribution is 5.98. The van der Waals surface area contributed by atoms with Crippen molar-refractivity contribution < 1.29 is 19.5 Å². The molecule has 1 aromatic rings. The largest absolute Gasteiger partial charge is 0.481 e. The van der Waals surface area contributed by atoms with E-state index in [4.69, 9.17) is 5.11 Å². The van der Waals surface area contributed by atoms with Crippen molar-refractivity contribution in [3.05, 3.63) is 29.8 Å². The lowest BCUT2D eigenvalue weighted by atomic mass is 9.87. The number of hydrogen-bond donors (Lipinski definition) is 3. The van der Waals surface area contributed by atoms with Crippen molar-refractivity contribution in [2.24, 2.45) is 5.41 Å². The minimum Gasteiger partial charge on any atom is -0.481 e. The molecule has 1 saturated carbocycles. The maximum atomic E-state index is 12.3. The number of anilines is 1. The molecule has 3 N–H and O–H groups in total. The summed E-state index contributed by atoms with van der Waals surface area (Å²) in [6.07, 6.45) is 2.74. The minimum atomic E-state index is -0.980. The number of carbonyl (C=O) groups is 3. The van der Waals surface area contributed by atoms with Crippen LogP contribution >= 0.6 is 0 Å². The molecule has 24 heavy (non-hydrogen) atoms. The number of carboxylic acid groups (broad SMARTS) is 1. The van der Waals surface area contributed by atoms with Gasteiger partial charge >= 0.3 is 5.97 Å². The van der Waals surface area contributed by atoms with Crippen molar-refractivity contribution in [3.63, 3.8) is 0 Å². The molecule has 2 amide bonds. The molecule has 0 atom stereocenters. The zero-order chi connectivity index (χ0) is 17.6. The molecule has 1 fully saturated rings. The summed E-state index contributed by atoms with van der Waals surface area (Å²) < 4.78 is 0. The van der Waals surface area contributed by atoms with Crippen LogP contribution in [-0.4, -0.2) is 29.4 Å². The molecule has 1 aliphatic carbocycles. The molecule has 0 radical (unpaired) electrons. The van der Waals surface area contributed by atoms with Gasteiger partial charge < -0.3 is 15.7 Å². The molecule has 0 aliphatic heterocycles. The highest BCUT2D eigenvalue weighted by atomic mass is 16.4. The Bertz CT molecular complexity index is 670. The van der Waals surface area contributed by atoms with E-state index in [2.05, 4.69) is 16.7 Å². The van der Waals surface area contributed by atoms with Crippen molar-refractivity contribution in [1.29, 1.82) is 5.26 Å². The first-order valence-electron chi connectivity index (χ1n) is 7.80. The molecule has 2 rings (SSSR count). The molecule has 7 heteroatoms. The van der Waals surface area contributed by atoms with Crippen LogP contribution < -0.4 is 10.6 Å². The lowest BCUT2D eigenvalue weighted by Gasteiger charge is -2.19. The number of rotatable bonds is 6. The SMILES string of the molecule is N#CC1(C(=O)Nc2ccc(C(=O)NCCC(=O)O)cc2)CCCC1. The van der Waals surface area contributed by atoms with Crippen LogP contribution in [0.25, 0.3) is 0 Å². The molecule has 126 valence electrons. The maximum absolute atomic E-state index is 12.3. The Kier molecular flexibility index (Phi) is 5.53. The molecule has 1 aromatic carbocycles.